The van der Waals surface area contributed by atoms with Crippen molar-refractivity contribution in [2.75, 3.05) is 18.8 Å². The summed E-state index contributed by atoms with van der Waals surface area (Å²) in [6.07, 6.45) is 4.26. The number of sulfonamides is 1. The van der Waals surface area contributed by atoms with Crippen LogP contribution in [-0.2, 0) is 21.4 Å². The number of likely N-dealkylation sites (tertiary alicyclic amines) is 1. The first-order chi connectivity index (χ1) is 18.7. The highest BCUT2D eigenvalue weighted by atomic mass is 32.2. The van der Waals surface area contributed by atoms with Gasteiger partial charge in [0.05, 0.1) is 11.4 Å². The molecule has 1 aliphatic heterocycles. The Balaban J connectivity index is 1.41. The van der Waals surface area contributed by atoms with Crippen LogP contribution in [-0.4, -0.2) is 52.1 Å². The van der Waals surface area contributed by atoms with E-state index in [-0.39, 0.29) is 24.3 Å². The minimum Gasteiger partial charge on any atom is -0.383 e. The van der Waals surface area contributed by atoms with Crippen molar-refractivity contribution in [2.45, 2.75) is 30.3 Å². The van der Waals surface area contributed by atoms with Gasteiger partial charge in [-0.1, -0.05) is 30.8 Å². The van der Waals surface area contributed by atoms with Crippen molar-refractivity contribution in [3.8, 4) is 11.3 Å². The number of anilines is 1. The molecule has 0 spiro atoms. The molecule has 0 aliphatic carbocycles. The molecule has 4 aromatic rings. The Morgan fingerprint density at radius 2 is 1.95 bits per heavy atom. The SMILES string of the molecule is C=CC(=O)N1CCC[C@@H](n2nc(-c3ccc(CNS(=O)(=O)c4cc(F)ccc4F)cc3)c3c(N)ncnc32)C1. The predicted octanol–water partition coefficient (Wildman–Crippen LogP) is 3.18. The van der Waals surface area contributed by atoms with Gasteiger partial charge in [0.1, 0.15) is 34.4 Å². The molecule has 2 aromatic carbocycles. The average Bonchev–Trinajstić information content (AvgIpc) is 3.34. The lowest BCUT2D eigenvalue weighted by molar-refractivity contribution is -0.127. The second kappa shape index (κ2) is 10.5. The molecule has 1 fully saturated rings. The molecule has 0 saturated carbocycles. The second-order valence-corrected chi connectivity index (χ2v) is 10.9. The zero-order valence-corrected chi connectivity index (χ0v) is 21.5. The molecule has 5 rings (SSSR count). The fourth-order valence-corrected chi connectivity index (χ4v) is 5.76. The summed E-state index contributed by atoms with van der Waals surface area (Å²) in [6.45, 7) is 4.53. The number of nitrogens with zero attached hydrogens (tertiary/aromatic N) is 5. The normalized spacial score (nSPS) is 15.9. The number of halogens is 2. The first kappa shape index (κ1) is 26.4. The van der Waals surface area contributed by atoms with Crippen molar-refractivity contribution in [2.24, 2.45) is 0 Å². The molecule has 10 nitrogen and oxygen atoms in total. The zero-order chi connectivity index (χ0) is 27.7. The fourth-order valence-electron chi connectivity index (χ4n) is 4.66. The first-order valence-electron chi connectivity index (χ1n) is 12.1. The van der Waals surface area contributed by atoms with Crippen molar-refractivity contribution < 1.29 is 22.0 Å². The highest BCUT2D eigenvalue weighted by molar-refractivity contribution is 7.89. The number of hydrogen-bond acceptors (Lipinski definition) is 7. The van der Waals surface area contributed by atoms with Gasteiger partial charge in [-0.2, -0.15) is 5.10 Å². The molecule has 0 radical (unpaired) electrons. The lowest BCUT2D eigenvalue weighted by Gasteiger charge is -2.32. The van der Waals surface area contributed by atoms with E-state index in [1.807, 2.05) is 0 Å². The van der Waals surface area contributed by atoms with Gasteiger partial charge in [0.15, 0.2) is 5.65 Å². The molecule has 0 unspecified atom stereocenters. The maximum atomic E-state index is 14.0. The standard InChI is InChI=1S/C26H25F2N7O3S/c1-2-22(36)34-11-3-4-19(14-34)35-26-23(25(29)30-15-31-26)24(33-35)17-7-5-16(6-8-17)13-32-39(37,38)21-12-18(27)9-10-20(21)28/h2,5-10,12,15,19,32H,1,3-4,11,13-14H2,(H2,29,30,31)/t19-/m1/s1. The minimum absolute atomic E-state index is 0.120. The van der Waals surface area contributed by atoms with Gasteiger partial charge in [-0.05, 0) is 42.7 Å². The van der Waals surface area contributed by atoms with Gasteiger partial charge in [0.25, 0.3) is 0 Å². The molecular weight excluding hydrogens is 528 g/mol. The van der Waals surface area contributed by atoms with Gasteiger partial charge in [-0.15, -0.1) is 0 Å². The number of nitrogen functional groups attached to an aromatic ring is 1. The molecule has 3 heterocycles. The number of carbonyl (C=O) groups excluding carboxylic acids is 1. The number of nitrogens with one attached hydrogen (secondary N) is 1. The van der Waals surface area contributed by atoms with Crippen LogP contribution < -0.4 is 10.5 Å². The third kappa shape index (κ3) is 5.22. The smallest absolute Gasteiger partial charge is 0.246 e. The van der Waals surface area contributed by atoms with Crippen LogP contribution in [0.25, 0.3) is 22.3 Å². The summed E-state index contributed by atoms with van der Waals surface area (Å²) in [5.41, 5.74) is 8.59. The van der Waals surface area contributed by atoms with Crippen LogP contribution in [0.1, 0.15) is 24.4 Å². The second-order valence-electron chi connectivity index (χ2n) is 9.13. The number of carbonyl (C=O) groups is 1. The summed E-state index contributed by atoms with van der Waals surface area (Å²) in [5.74, 6) is -1.79. The monoisotopic (exact) mass is 553 g/mol. The molecule has 1 saturated heterocycles. The number of amides is 1. The van der Waals surface area contributed by atoms with E-state index in [9.17, 15) is 22.0 Å². The van der Waals surface area contributed by atoms with Gasteiger partial charge < -0.3 is 10.6 Å². The number of fused-ring (bicyclic) bond motifs is 1. The van der Waals surface area contributed by atoms with Crippen LogP contribution in [0.3, 0.4) is 0 Å². The lowest BCUT2D eigenvalue weighted by Crippen LogP contribution is -2.40. The van der Waals surface area contributed by atoms with E-state index >= 15 is 0 Å². The van der Waals surface area contributed by atoms with Crippen LogP contribution in [0.2, 0.25) is 0 Å². The Morgan fingerprint density at radius 1 is 1.18 bits per heavy atom. The fraction of sp³-hybridized carbons (Fsp3) is 0.231. The summed E-state index contributed by atoms with van der Waals surface area (Å²) in [6, 6.07) is 9.00. The van der Waals surface area contributed by atoms with Crippen LogP contribution in [0.4, 0.5) is 14.6 Å². The van der Waals surface area contributed by atoms with E-state index in [2.05, 4.69) is 21.3 Å². The highest BCUT2D eigenvalue weighted by Crippen LogP contribution is 2.34. The van der Waals surface area contributed by atoms with Crippen LogP contribution in [0, 0.1) is 11.6 Å². The third-order valence-corrected chi connectivity index (χ3v) is 8.04. The van der Waals surface area contributed by atoms with Crippen LogP contribution in [0.15, 0.2) is 66.3 Å². The number of piperidine rings is 1. The van der Waals surface area contributed by atoms with Crippen molar-refractivity contribution in [3.63, 3.8) is 0 Å². The quantitative estimate of drug-likeness (QED) is 0.336. The van der Waals surface area contributed by atoms with Gasteiger partial charge in [0, 0.05) is 25.2 Å². The Bertz CT molecular complexity index is 1670. The molecule has 13 heteroatoms. The molecule has 1 amide bonds. The van der Waals surface area contributed by atoms with Crippen molar-refractivity contribution >= 4 is 32.8 Å². The molecule has 39 heavy (non-hydrogen) atoms. The zero-order valence-electron chi connectivity index (χ0n) is 20.7. The van der Waals surface area contributed by atoms with Gasteiger partial charge >= 0.3 is 0 Å². The maximum Gasteiger partial charge on any atom is 0.246 e. The molecule has 1 aliphatic rings. The van der Waals surface area contributed by atoms with Crippen LogP contribution >= 0.6 is 0 Å². The largest absolute Gasteiger partial charge is 0.383 e. The molecule has 1 atom stereocenters. The Kier molecular flexibility index (Phi) is 7.10. The van der Waals surface area contributed by atoms with Crippen molar-refractivity contribution in [3.05, 3.63) is 78.6 Å². The maximum absolute atomic E-state index is 14.0. The van der Waals surface area contributed by atoms with E-state index in [1.54, 1.807) is 33.8 Å². The third-order valence-electron chi connectivity index (χ3n) is 6.62. The lowest BCUT2D eigenvalue weighted by atomic mass is 10.1. The van der Waals surface area contributed by atoms with Crippen molar-refractivity contribution in [1.82, 2.24) is 29.4 Å². The van der Waals surface area contributed by atoms with E-state index in [4.69, 9.17) is 10.8 Å². The summed E-state index contributed by atoms with van der Waals surface area (Å²) < 4.78 is 56.5. The van der Waals surface area contributed by atoms with E-state index in [0.29, 0.717) is 47.0 Å². The number of hydrogen-bond donors (Lipinski definition) is 2. The Hall–Kier alpha value is -4.23. The highest BCUT2D eigenvalue weighted by Gasteiger charge is 2.28. The first-order valence-corrected chi connectivity index (χ1v) is 13.6. The summed E-state index contributed by atoms with van der Waals surface area (Å²) in [4.78, 5) is 21.7. The van der Waals surface area contributed by atoms with E-state index < -0.39 is 26.6 Å². The average molecular weight is 554 g/mol. The molecular formula is C26H25F2N7O3S. The molecule has 3 N–H and O–H groups in total. The predicted molar refractivity (Wildman–Crippen MR) is 141 cm³/mol. The topological polar surface area (TPSA) is 136 Å². The Labute approximate surface area is 223 Å². The van der Waals surface area contributed by atoms with Crippen LogP contribution in [0.5, 0.6) is 0 Å². The van der Waals surface area contributed by atoms with Gasteiger partial charge in [-0.25, -0.2) is 36.6 Å². The number of benzene rings is 2. The molecule has 0 bridgehead atoms. The summed E-state index contributed by atoms with van der Waals surface area (Å²) in [7, 11) is -4.28. The number of aromatic nitrogens is 4. The molecule has 202 valence electrons. The van der Waals surface area contributed by atoms with Crippen molar-refractivity contribution in [1.29, 1.82) is 0 Å². The van der Waals surface area contributed by atoms with Gasteiger partial charge in [-0.3, -0.25) is 4.79 Å². The minimum atomic E-state index is -4.28. The number of nitrogens with two attached hydrogens (primary N) is 1. The molecule has 2 aromatic heterocycles. The van der Waals surface area contributed by atoms with E-state index in [0.717, 1.165) is 25.0 Å². The number of rotatable bonds is 7. The summed E-state index contributed by atoms with van der Waals surface area (Å²) >= 11 is 0. The Morgan fingerprint density at radius 3 is 2.69 bits per heavy atom. The van der Waals surface area contributed by atoms with E-state index in [1.165, 1.54) is 12.4 Å². The van der Waals surface area contributed by atoms with Gasteiger partial charge in [0.2, 0.25) is 15.9 Å². The summed E-state index contributed by atoms with van der Waals surface area (Å²) in [5, 5.41) is 5.39.